The quantitative estimate of drug-likeness (QED) is 0.747. The maximum Gasteiger partial charge on any atom is 0.234 e. The Morgan fingerprint density at radius 1 is 1.29 bits per heavy atom. The van der Waals surface area contributed by atoms with Gasteiger partial charge in [-0.25, -0.2) is 8.42 Å². The van der Waals surface area contributed by atoms with Crippen LogP contribution in [0.3, 0.4) is 0 Å². The van der Waals surface area contributed by atoms with Crippen LogP contribution in [0.5, 0.6) is 0 Å². The zero-order valence-electron chi connectivity index (χ0n) is 10.4. The van der Waals surface area contributed by atoms with Crippen LogP contribution in [0.25, 0.3) is 0 Å². The first kappa shape index (κ1) is 13.9. The first-order valence-corrected chi connectivity index (χ1v) is 7.25. The lowest BCUT2D eigenvalue weighted by Gasteiger charge is -2.10. The maximum absolute atomic E-state index is 11.7. The molecule has 0 aliphatic heterocycles. The molecule has 0 aliphatic rings. The number of nitrogens with zero attached hydrogens (tertiary/aromatic N) is 1. The van der Waals surface area contributed by atoms with E-state index >= 15 is 0 Å². The second kappa shape index (κ2) is 5.97. The van der Waals surface area contributed by atoms with Crippen LogP contribution in [0.15, 0.2) is 12.1 Å². The number of rotatable bonds is 6. The number of pyridine rings is 1. The Kier molecular flexibility index (Phi) is 4.89. The molecule has 1 rings (SSSR count). The van der Waals surface area contributed by atoms with Gasteiger partial charge in [0.25, 0.3) is 0 Å². The highest BCUT2D eigenvalue weighted by molar-refractivity contribution is 7.92. The summed E-state index contributed by atoms with van der Waals surface area (Å²) in [5, 5.41) is 2.98. The van der Waals surface area contributed by atoms with Crippen LogP contribution < -0.4 is 10.0 Å². The lowest BCUT2D eigenvalue weighted by molar-refractivity contribution is 0.597. The molecular weight excluding hydrogens is 238 g/mol. The molecule has 1 aromatic heterocycles. The molecule has 96 valence electrons. The first-order chi connectivity index (χ1) is 7.94. The van der Waals surface area contributed by atoms with Crippen molar-refractivity contribution >= 4 is 15.7 Å². The van der Waals surface area contributed by atoms with Crippen LogP contribution in [0, 0.1) is 13.8 Å². The van der Waals surface area contributed by atoms with E-state index in [1.54, 1.807) is 19.1 Å². The highest BCUT2D eigenvalue weighted by atomic mass is 32.2. The Bertz CT molecular complexity index is 472. The minimum atomic E-state index is -3.29. The summed E-state index contributed by atoms with van der Waals surface area (Å²) in [6, 6.07) is 3.53. The van der Waals surface area contributed by atoms with E-state index in [-0.39, 0.29) is 5.75 Å². The van der Waals surface area contributed by atoms with E-state index in [4.69, 9.17) is 0 Å². The van der Waals surface area contributed by atoms with Gasteiger partial charge in [0.1, 0.15) is 0 Å². The fourth-order valence-corrected chi connectivity index (χ4v) is 2.46. The third-order valence-corrected chi connectivity index (χ3v) is 3.56. The molecule has 2 N–H and O–H groups in total. The van der Waals surface area contributed by atoms with Gasteiger partial charge >= 0.3 is 0 Å². The monoisotopic (exact) mass is 257 g/mol. The highest BCUT2D eigenvalue weighted by Gasteiger charge is 2.11. The summed E-state index contributed by atoms with van der Waals surface area (Å²) in [7, 11) is -3.29. The van der Waals surface area contributed by atoms with Gasteiger partial charge in [-0.05, 0) is 32.5 Å². The number of hydrogen-bond donors (Lipinski definition) is 2. The summed E-state index contributed by atoms with van der Waals surface area (Å²) in [5.74, 6) is 0.0636. The Morgan fingerprint density at radius 2 is 2.00 bits per heavy atom. The van der Waals surface area contributed by atoms with Crippen molar-refractivity contribution in [3.05, 3.63) is 23.5 Å². The van der Waals surface area contributed by atoms with Crippen molar-refractivity contribution in [3.8, 4) is 0 Å². The standard InChI is InChI=1S/C11H19N3O2S/c1-4-12-7-8-17(15,16)14-11-6-5-9(2)13-10(11)3/h5-6,12,14H,4,7-8H2,1-3H3. The van der Waals surface area contributed by atoms with Gasteiger partial charge in [0, 0.05) is 12.2 Å². The molecule has 0 saturated carbocycles. The Labute approximate surface area is 103 Å². The molecule has 0 saturated heterocycles. The summed E-state index contributed by atoms with van der Waals surface area (Å²) < 4.78 is 26.0. The summed E-state index contributed by atoms with van der Waals surface area (Å²) >= 11 is 0. The molecule has 0 spiro atoms. The highest BCUT2D eigenvalue weighted by Crippen LogP contribution is 2.14. The predicted molar refractivity (Wildman–Crippen MR) is 69.7 cm³/mol. The second-order valence-electron chi connectivity index (χ2n) is 3.86. The molecule has 1 aromatic rings. The zero-order chi connectivity index (χ0) is 12.9. The molecule has 0 aromatic carbocycles. The van der Waals surface area contributed by atoms with Gasteiger partial charge in [-0.1, -0.05) is 6.92 Å². The van der Waals surface area contributed by atoms with Gasteiger partial charge in [0.2, 0.25) is 10.0 Å². The van der Waals surface area contributed by atoms with Crippen molar-refractivity contribution in [1.82, 2.24) is 10.3 Å². The Balaban J connectivity index is 2.69. The van der Waals surface area contributed by atoms with Gasteiger partial charge in [0.15, 0.2) is 0 Å². The van der Waals surface area contributed by atoms with Crippen LogP contribution in [0.2, 0.25) is 0 Å². The van der Waals surface area contributed by atoms with E-state index in [1.807, 2.05) is 13.8 Å². The normalized spacial score (nSPS) is 11.5. The van der Waals surface area contributed by atoms with Gasteiger partial charge in [0.05, 0.1) is 17.1 Å². The van der Waals surface area contributed by atoms with Crippen molar-refractivity contribution in [1.29, 1.82) is 0 Å². The number of aryl methyl sites for hydroxylation is 2. The van der Waals surface area contributed by atoms with Crippen molar-refractivity contribution < 1.29 is 8.42 Å². The van der Waals surface area contributed by atoms with E-state index < -0.39 is 10.0 Å². The molecule has 17 heavy (non-hydrogen) atoms. The lowest BCUT2D eigenvalue weighted by Crippen LogP contribution is -2.26. The van der Waals surface area contributed by atoms with Gasteiger partial charge in [-0.3, -0.25) is 9.71 Å². The third kappa shape index (κ3) is 4.70. The number of aromatic nitrogens is 1. The summed E-state index contributed by atoms with van der Waals surface area (Å²) in [5.41, 5.74) is 2.11. The molecule has 0 aliphatic carbocycles. The molecule has 0 atom stereocenters. The van der Waals surface area contributed by atoms with Crippen LogP contribution >= 0.6 is 0 Å². The second-order valence-corrected chi connectivity index (χ2v) is 5.70. The van der Waals surface area contributed by atoms with Crippen molar-refractivity contribution in [3.63, 3.8) is 0 Å². The molecule has 6 heteroatoms. The van der Waals surface area contributed by atoms with Gasteiger partial charge < -0.3 is 5.32 Å². The smallest absolute Gasteiger partial charge is 0.234 e. The van der Waals surface area contributed by atoms with E-state index in [2.05, 4.69) is 15.0 Å². The van der Waals surface area contributed by atoms with Crippen LogP contribution in [0.1, 0.15) is 18.3 Å². The fraction of sp³-hybridized carbons (Fsp3) is 0.545. The van der Waals surface area contributed by atoms with E-state index in [0.717, 1.165) is 12.2 Å². The van der Waals surface area contributed by atoms with Crippen LogP contribution in [0.4, 0.5) is 5.69 Å². The molecule has 0 fully saturated rings. The molecular formula is C11H19N3O2S. The number of anilines is 1. The van der Waals surface area contributed by atoms with E-state index in [1.165, 1.54) is 0 Å². The molecule has 0 bridgehead atoms. The molecule has 0 amide bonds. The molecule has 1 heterocycles. The topological polar surface area (TPSA) is 71.1 Å². The number of sulfonamides is 1. The summed E-state index contributed by atoms with van der Waals surface area (Å²) in [6.07, 6.45) is 0. The largest absolute Gasteiger partial charge is 0.316 e. The Hall–Kier alpha value is -1.14. The number of hydrogen-bond acceptors (Lipinski definition) is 4. The van der Waals surface area contributed by atoms with E-state index in [0.29, 0.717) is 17.9 Å². The summed E-state index contributed by atoms with van der Waals surface area (Å²) in [6.45, 7) is 6.81. The predicted octanol–water partition coefficient (Wildman–Crippen LogP) is 1.05. The molecule has 0 radical (unpaired) electrons. The zero-order valence-corrected chi connectivity index (χ0v) is 11.3. The van der Waals surface area contributed by atoms with Crippen molar-refractivity contribution in [2.45, 2.75) is 20.8 Å². The first-order valence-electron chi connectivity index (χ1n) is 5.60. The van der Waals surface area contributed by atoms with E-state index in [9.17, 15) is 8.42 Å². The SMILES string of the molecule is CCNCCS(=O)(=O)Nc1ccc(C)nc1C. The van der Waals surface area contributed by atoms with Crippen molar-refractivity contribution in [2.24, 2.45) is 0 Å². The number of nitrogens with one attached hydrogen (secondary N) is 2. The lowest BCUT2D eigenvalue weighted by atomic mass is 10.3. The fourth-order valence-electron chi connectivity index (χ4n) is 1.40. The minimum Gasteiger partial charge on any atom is -0.316 e. The molecule has 0 unspecified atom stereocenters. The molecule has 5 nitrogen and oxygen atoms in total. The maximum atomic E-state index is 11.7. The minimum absolute atomic E-state index is 0.0636. The third-order valence-electron chi connectivity index (χ3n) is 2.29. The average Bonchev–Trinajstić information content (AvgIpc) is 2.22. The van der Waals surface area contributed by atoms with Crippen LogP contribution in [-0.4, -0.2) is 32.2 Å². The van der Waals surface area contributed by atoms with Gasteiger partial charge in [-0.15, -0.1) is 0 Å². The van der Waals surface area contributed by atoms with Crippen LogP contribution in [-0.2, 0) is 10.0 Å². The van der Waals surface area contributed by atoms with Gasteiger partial charge in [-0.2, -0.15) is 0 Å². The van der Waals surface area contributed by atoms with Crippen molar-refractivity contribution in [2.75, 3.05) is 23.6 Å². The summed E-state index contributed by atoms with van der Waals surface area (Å²) in [4.78, 5) is 4.21. The average molecular weight is 257 g/mol. The Morgan fingerprint density at radius 3 is 2.59 bits per heavy atom.